The lowest BCUT2D eigenvalue weighted by Gasteiger charge is -2.49. The van der Waals surface area contributed by atoms with Crippen LogP contribution in [-0.2, 0) is 0 Å². The number of nitrogens with zero attached hydrogens (tertiary/aromatic N) is 2. The van der Waals surface area contributed by atoms with E-state index in [4.69, 9.17) is 5.73 Å². The van der Waals surface area contributed by atoms with Gasteiger partial charge in [-0.3, -0.25) is 4.90 Å². The average molecular weight is 394 g/mol. The highest BCUT2D eigenvalue weighted by atomic mass is 16.4. The third kappa shape index (κ3) is 4.31. The summed E-state index contributed by atoms with van der Waals surface area (Å²) >= 11 is 0. The molecule has 1 amide bonds. The molecule has 29 heavy (non-hydrogen) atoms. The van der Waals surface area contributed by atoms with Gasteiger partial charge in [0.2, 0.25) is 0 Å². The van der Waals surface area contributed by atoms with Crippen LogP contribution >= 0.6 is 0 Å². The van der Waals surface area contributed by atoms with Gasteiger partial charge < -0.3 is 15.7 Å². The molecule has 2 fully saturated rings. The summed E-state index contributed by atoms with van der Waals surface area (Å²) in [5.41, 5.74) is 9.30. The van der Waals surface area contributed by atoms with Crippen LogP contribution in [-0.4, -0.2) is 52.8 Å². The summed E-state index contributed by atoms with van der Waals surface area (Å²) in [5, 5.41) is 9.19. The van der Waals surface area contributed by atoms with E-state index in [1.807, 2.05) is 0 Å². The maximum Gasteiger partial charge on any atom is 0.407 e. The van der Waals surface area contributed by atoms with Crippen LogP contribution in [0.1, 0.15) is 42.7 Å². The van der Waals surface area contributed by atoms with Crippen LogP contribution in [0.25, 0.3) is 0 Å². The lowest BCUT2D eigenvalue weighted by molar-refractivity contribution is 0.00326. The van der Waals surface area contributed by atoms with E-state index >= 15 is 0 Å². The molecule has 2 aromatic rings. The lowest BCUT2D eigenvalue weighted by atomic mass is 9.70. The van der Waals surface area contributed by atoms with Gasteiger partial charge in [0.15, 0.2) is 0 Å². The molecule has 4 rings (SSSR count). The maximum atomic E-state index is 11.2. The molecule has 0 aromatic heterocycles. The number of hydrogen-bond donors (Lipinski definition) is 2. The van der Waals surface area contributed by atoms with Crippen molar-refractivity contribution >= 4 is 6.09 Å². The molecule has 1 saturated carbocycles. The molecule has 0 unspecified atom stereocenters. The molecule has 0 radical (unpaired) electrons. The Morgan fingerprint density at radius 2 is 1.38 bits per heavy atom. The molecule has 1 heterocycles. The van der Waals surface area contributed by atoms with E-state index in [0.717, 1.165) is 38.8 Å². The Kier molecular flexibility index (Phi) is 5.88. The Morgan fingerprint density at radius 3 is 1.83 bits per heavy atom. The summed E-state index contributed by atoms with van der Waals surface area (Å²) in [6, 6.07) is 21.6. The Hall–Kier alpha value is -2.37. The molecule has 2 aromatic carbocycles. The first-order chi connectivity index (χ1) is 14.1. The van der Waals surface area contributed by atoms with Gasteiger partial charge in [-0.15, -0.1) is 0 Å². The minimum absolute atomic E-state index is 0.307. The third-order valence-electron chi connectivity index (χ3n) is 6.86. The molecule has 0 spiro atoms. The van der Waals surface area contributed by atoms with Crippen molar-refractivity contribution in [2.24, 2.45) is 11.7 Å². The van der Waals surface area contributed by atoms with Crippen molar-refractivity contribution < 1.29 is 9.90 Å². The van der Waals surface area contributed by atoms with E-state index in [1.54, 1.807) is 0 Å². The fourth-order valence-corrected chi connectivity index (χ4v) is 5.19. The molecule has 0 atom stereocenters. The molecule has 154 valence electrons. The summed E-state index contributed by atoms with van der Waals surface area (Å²) in [6.07, 6.45) is 3.27. The van der Waals surface area contributed by atoms with Gasteiger partial charge >= 0.3 is 6.09 Å². The largest absolute Gasteiger partial charge is 0.465 e. The molecule has 1 saturated heterocycles. The van der Waals surface area contributed by atoms with Crippen LogP contribution in [0.15, 0.2) is 60.7 Å². The minimum Gasteiger partial charge on any atom is -0.465 e. The summed E-state index contributed by atoms with van der Waals surface area (Å²) < 4.78 is 0. The number of amides is 1. The molecule has 1 aliphatic carbocycles. The van der Waals surface area contributed by atoms with Crippen molar-refractivity contribution in [1.82, 2.24) is 9.80 Å². The van der Waals surface area contributed by atoms with Gasteiger partial charge in [-0.1, -0.05) is 60.7 Å². The fraction of sp³-hybridized carbons (Fsp3) is 0.458. The van der Waals surface area contributed by atoms with Crippen molar-refractivity contribution in [1.29, 1.82) is 0 Å². The van der Waals surface area contributed by atoms with E-state index in [0.29, 0.717) is 24.9 Å². The number of piperazine rings is 1. The van der Waals surface area contributed by atoms with E-state index in [2.05, 4.69) is 65.6 Å². The minimum atomic E-state index is -0.826. The first-order valence-electron chi connectivity index (χ1n) is 10.7. The highest BCUT2D eigenvalue weighted by molar-refractivity contribution is 5.65. The van der Waals surface area contributed by atoms with Gasteiger partial charge in [0, 0.05) is 32.1 Å². The lowest BCUT2D eigenvalue weighted by Crippen LogP contribution is -2.63. The summed E-state index contributed by atoms with van der Waals surface area (Å²) in [6.45, 7) is 2.56. The van der Waals surface area contributed by atoms with Gasteiger partial charge in [-0.25, -0.2) is 4.79 Å². The Bertz CT molecular complexity index is 756. The Balaban J connectivity index is 1.46. The summed E-state index contributed by atoms with van der Waals surface area (Å²) in [5.74, 6) is 0.961. The second-order valence-electron chi connectivity index (χ2n) is 8.50. The van der Waals surface area contributed by atoms with Gasteiger partial charge in [-0.2, -0.15) is 0 Å². The maximum absolute atomic E-state index is 11.2. The SMILES string of the molecule is NC1(N2CCN(C(=O)O)CC2)CCC(C(c2ccccc2)c2ccccc2)CC1. The predicted octanol–water partition coefficient (Wildman–Crippen LogP) is 3.96. The fourth-order valence-electron chi connectivity index (χ4n) is 5.19. The number of carbonyl (C=O) groups is 1. The zero-order valence-corrected chi connectivity index (χ0v) is 16.9. The molecular formula is C24H31N3O2. The molecule has 3 N–H and O–H groups in total. The van der Waals surface area contributed by atoms with E-state index in [9.17, 15) is 9.90 Å². The van der Waals surface area contributed by atoms with Gasteiger partial charge in [0.25, 0.3) is 0 Å². The van der Waals surface area contributed by atoms with E-state index < -0.39 is 6.09 Å². The normalized spacial score (nSPS) is 25.9. The van der Waals surface area contributed by atoms with Crippen LogP contribution in [0.4, 0.5) is 4.79 Å². The summed E-state index contributed by atoms with van der Waals surface area (Å²) in [7, 11) is 0. The number of hydrogen-bond acceptors (Lipinski definition) is 3. The smallest absolute Gasteiger partial charge is 0.407 e. The zero-order chi connectivity index (χ0) is 20.3. The number of benzene rings is 2. The van der Waals surface area contributed by atoms with Crippen molar-refractivity contribution in [2.75, 3.05) is 26.2 Å². The van der Waals surface area contributed by atoms with Crippen LogP contribution in [0, 0.1) is 5.92 Å². The van der Waals surface area contributed by atoms with Gasteiger partial charge in [-0.05, 0) is 42.7 Å². The standard InChI is InChI=1S/C24H31N3O2/c25-24(27-17-15-26(16-18-27)23(28)29)13-11-21(12-14-24)22(19-7-3-1-4-8-19)20-9-5-2-6-10-20/h1-10,21-22H,11-18,25H2,(H,28,29). The van der Waals surface area contributed by atoms with Crippen LogP contribution in [0.2, 0.25) is 0 Å². The number of rotatable bonds is 4. The third-order valence-corrected chi connectivity index (χ3v) is 6.86. The van der Waals surface area contributed by atoms with Gasteiger partial charge in [0.05, 0.1) is 5.66 Å². The first-order valence-corrected chi connectivity index (χ1v) is 10.7. The second-order valence-corrected chi connectivity index (χ2v) is 8.50. The van der Waals surface area contributed by atoms with Crippen LogP contribution in [0.5, 0.6) is 0 Å². The molecule has 5 nitrogen and oxygen atoms in total. The van der Waals surface area contributed by atoms with E-state index in [1.165, 1.54) is 16.0 Å². The van der Waals surface area contributed by atoms with Crippen molar-refractivity contribution in [2.45, 2.75) is 37.3 Å². The second kappa shape index (κ2) is 8.56. The molecular weight excluding hydrogens is 362 g/mol. The topological polar surface area (TPSA) is 69.8 Å². The highest BCUT2D eigenvalue weighted by Crippen LogP contribution is 2.43. The van der Waals surface area contributed by atoms with Gasteiger partial charge in [0.1, 0.15) is 0 Å². The monoisotopic (exact) mass is 393 g/mol. The Labute approximate surface area is 173 Å². The van der Waals surface area contributed by atoms with Crippen molar-refractivity contribution in [3.63, 3.8) is 0 Å². The highest BCUT2D eigenvalue weighted by Gasteiger charge is 2.40. The number of nitrogens with two attached hydrogens (primary N) is 1. The van der Waals surface area contributed by atoms with Crippen LogP contribution < -0.4 is 5.73 Å². The van der Waals surface area contributed by atoms with E-state index in [-0.39, 0.29) is 5.66 Å². The summed E-state index contributed by atoms with van der Waals surface area (Å²) in [4.78, 5) is 15.0. The predicted molar refractivity (Wildman–Crippen MR) is 115 cm³/mol. The van der Waals surface area contributed by atoms with Crippen molar-refractivity contribution in [3.05, 3.63) is 71.8 Å². The van der Waals surface area contributed by atoms with Crippen molar-refractivity contribution in [3.8, 4) is 0 Å². The van der Waals surface area contributed by atoms with Crippen LogP contribution in [0.3, 0.4) is 0 Å². The zero-order valence-electron chi connectivity index (χ0n) is 16.9. The average Bonchev–Trinajstić information content (AvgIpc) is 2.77. The molecule has 0 bridgehead atoms. The molecule has 1 aliphatic heterocycles. The first kappa shape index (κ1) is 19.9. The Morgan fingerprint density at radius 1 is 0.897 bits per heavy atom. The molecule has 5 heteroatoms. The molecule has 2 aliphatic rings. The number of carboxylic acid groups (broad SMARTS) is 1. The quantitative estimate of drug-likeness (QED) is 0.825.